The maximum Gasteiger partial charge on any atom is 0.162 e. The zero-order valence-electron chi connectivity index (χ0n) is 12.6. The number of aliphatic hydroxyl groups excluding tert-OH is 1. The molecule has 0 saturated heterocycles. The first-order valence-corrected chi connectivity index (χ1v) is 8.08. The largest absolute Gasteiger partial charge is 0.385 e. The third-order valence-electron chi connectivity index (χ3n) is 6.84. The predicted molar refractivity (Wildman–Crippen MR) is 75.7 cm³/mol. The number of hydrogen-bond donors (Lipinski definition) is 1. The van der Waals surface area contributed by atoms with Crippen LogP contribution in [-0.2, 0) is 4.79 Å². The molecule has 0 bridgehead atoms. The van der Waals surface area contributed by atoms with E-state index < -0.39 is 6.10 Å². The van der Waals surface area contributed by atoms with Crippen LogP contribution in [0.1, 0.15) is 65.7 Å². The normalized spacial score (nSPS) is 49.4. The van der Waals surface area contributed by atoms with Crippen molar-refractivity contribution in [2.75, 3.05) is 0 Å². The Hall–Kier alpha value is -0.370. The van der Waals surface area contributed by atoms with Crippen LogP contribution in [0.4, 0.5) is 0 Å². The molecule has 0 aromatic rings. The molecule has 0 aliphatic heterocycles. The molecule has 3 rings (SSSR count). The number of hydrogen-bond acceptors (Lipinski definition) is 2. The first-order chi connectivity index (χ1) is 8.87. The fourth-order valence-electron chi connectivity index (χ4n) is 5.94. The van der Waals surface area contributed by atoms with Gasteiger partial charge >= 0.3 is 0 Å². The molecular weight excluding hydrogens is 236 g/mol. The second kappa shape index (κ2) is 4.31. The average molecular weight is 264 g/mol. The lowest BCUT2D eigenvalue weighted by Crippen LogP contribution is -2.60. The zero-order valence-corrected chi connectivity index (χ0v) is 12.6. The smallest absolute Gasteiger partial charge is 0.162 e. The summed E-state index contributed by atoms with van der Waals surface area (Å²) < 4.78 is 0. The number of Topliss-reactive ketones (excluding diaryl/α,β-unsaturated/α-hetero) is 1. The monoisotopic (exact) mass is 264 g/mol. The van der Waals surface area contributed by atoms with Gasteiger partial charge in [-0.25, -0.2) is 0 Å². The molecule has 3 fully saturated rings. The molecule has 3 saturated carbocycles. The van der Waals surface area contributed by atoms with Gasteiger partial charge in [-0.1, -0.05) is 40.0 Å². The van der Waals surface area contributed by atoms with E-state index in [0.717, 1.165) is 11.8 Å². The van der Waals surface area contributed by atoms with Gasteiger partial charge in [0.2, 0.25) is 0 Å². The number of rotatable bonds is 0. The summed E-state index contributed by atoms with van der Waals surface area (Å²) in [5.41, 5.74) is -0.102. The number of carbonyl (C=O) groups is 1. The van der Waals surface area contributed by atoms with E-state index in [1.165, 1.54) is 38.5 Å². The number of fused-ring (bicyclic) bond motifs is 3. The minimum absolute atomic E-state index is 0.0926. The van der Waals surface area contributed by atoms with Crippen LogP contribution in [0.15, 0.2) is 0 Å². The molecule has 19 heavy (non-hydrogen) atoms. The van der Waals surface area contributed by atoms with Crippen molar-refractivity contribution in [2.24, 2.45) is 28.6 Å². The molecule has 0 unspecified atom stereocenters. The fourth-order valence-corrected chi connectivity index (χ4v) is 5.94. The van der Waals surface area contributed by atoms with Crippen LogP contribution in [0.25, 0.3) is 0 Å². The average Bonchev–Trinajstić information content (AvgIpc) is 2.36. The van der Waals surface area contributed by atoms with Gasteiger partial charge in [-0.3, -0.25) is 4.79 Å². The molecule has 0 spiro atoms. The molecule has 2 nitrogen and oxygen atoms in total. The first-order valence-electron chi connectivity index (χ1n) is 8.08. The Balaban J connectivity index is 1.98. The summed E-state index contributed by atoms with van der Waals surface area (Å²) in [4.78, 5) is 12.3. The van der Waals surface area contributed by atoms with Crippen LogP contribution >= 0.6 is 0 Å². The highest BCUT2D eigenvalue weighted by molar-refractivity contribution is 5.85. The minimum atomic E-state index is -0.745. The minimum Gasteiger partial charge on any atom is -0.385 e. The van der Waals surface area contributed by atoms with Gasteiger partial charge in [0.25, 0.3) is 0 Å². The third kappa shape index (κ3) is 1.82. The van der Waals surface area contributed by atoms with E-state index in [4.69, 9.17) is 0 Å². The summed E-state index contributed by atoms with van der Waals surface area (Å²) in [7, 11) is 0. The van der Waals surface area contributed by atoms with Crippen LogP contribution in [0.5, 0.6) is 0 Å². The molecule has 1 N–H and O–H groups in total. The van der Waals surface area contributed by atoms with Crippen LogP contribution in [-0.4, -0.2) is 17.0 Å². The molecule has 0 aromatic carbocycles. The van der Waals surface area contributed by atoms with E-state index in [1.54, 1.807) is 0 Å². The standard InChI is InChI=1S/C17H28O2/c1-16(2)14-9-8-11-6-4-5-7-12(11)17(14,3)10-13(18)15(16)19/h11-12,14-15,19H,4-10H2,1-3H3/t11-,12+,14+,15+,17-/m1/s1. The highest BCUT2D eigenvalue weighted by atomic mass is 16.3. The van der Waals surface area contributed by atoms with E-state index in [-0.39, 0.29) is 16.6 Å². The van der Waals surface area contributed by atoms with Crippen molar-refractivity contribution in [1.82, 2.24) is 0 Å². The van der Waals surface area contributed by atoms with Gasteiger partial charge in [0.05, 0.1) is 0 Å². The van der Waals surface area contributed by atoms with Crippen molar-refractivity contribution in [1.29, 1.82) is 0 Å². The van der Waals surface area contributed by atoms with E-state index in [0.29, 0.717) is 12.3 Å². The molecule has 3 aliphatic rings. The molecule has 2 heteroatoms. The van der Waals surface area contributed by atoms with Crippen LogP contribution in [0.3, 0.4) is 0 Å². The van der Waals surface area contributed by atoms with Crippen molar-refractivity contribution >= 4 is 5.78 Å². The van der Waals surface area contributed by atoms with Crippen LogP contribution in [0, 0.1) is 28.6 Å². The van der Waals surface area contributed by atoms with Crippen molar-refractivity contribution in [3.8, 4) is 0 Å². The highest BCUT2D eigenvalue weighted by Crippen LogP contribution is 2.62. The number of aliphatic hydroxyl groups is 1. The molecule has 5 atom stereocenters. The van der Waals surface area contributed by atoms with Gasteiger partial charge in [-0.05, 0) is 42.4 Å². The van der Waals surface area contributed by atoms with Crippen molar-refractivity contribution in [3.05, 3.63) is 0 Å². The topological polar surface area (TPSA) is 37.3 Å². The van der Waals surface area contributed by atoms with Gasteiger partial charge in [0, 0.05) is 11.8 Å². The predicted octanol–water partition coefficient (Wildman–Crippen LogP) is 3.57. The molecule has 108 valence electrons. The fraction of sp³-hybridized carbons (Fsp3) is 0.941. The Morgan fingerprint density at radius 3 is 2.47 bits per heavy atom. The second-order valence-electron chi connectivity index (χ2n) is 8.15. The summed E-state index contributed by atoms with van der Waals surface area (Å²) in [6.45, 7) is 6.58. The Morgan fingerprint density at radius 2 is 1.74 bits per heavy atom. The maximum atomic E-state index is 12.3. The van der Waals surface area contributed by atoms with E-state index in [2.05, 4.69) is 20.8 Å². The molecule has 0 radical (unpaired) electrons. The second-order valence-corrected chi connectivity index (χ2v) is 8.15. The quantitative estimate of drug-likeness (QED) is 0.726. The van der Waals surface area contributed by atoms with E-state index >= 15 is 0 Å². The third-order valence-corrected chi connectivity index (χ3v) is 6.84. The Kier molecular flexibility index (Phi) is 3.09. The van der Waals surface area contributed by atoms with Crippen molar-refractivity contribution in [2.45, 2.75) is 71.8 Å². The van der Waals surface area contributed by atoms with Gasteiger partial charge in [-0.15, -0.1) is 0 Å². The van der Waals surface area contributed by atoms with Gasteiger partial charge in [0.15, 0.2) is 5.78 Å². The summed E-state index contributed by atoms with van der Waals surface area (Å²) in [6, 6.07) is 0. The van der Waals surface area contributed by atoms with Gasteiger partial charge in [-0.2, -0.15) is 0 Å². The molecule has 0 amide bonds. The van der Waals surface area contributed by atoms with Crippen LogP contribution in [0.2, 0.25) is 0 Å². The summed E-state index contributed by atoms with van der Waals surface area (Å²) in [5, 5.41) is 10.3. The molecule has 3 aliphatic carbocycles. The number of carbonyl (C=O) groups excluding carboxylic acids is 1. The summed E-state index contributed by atoms with van der Waals surface area (Å²) >= 11 is 0. The van der Waals surface area contributed by atoms with Crippen LogP contribution < -0.4 is 0 Å². The van der Waals surface area contributed by atoms with Crippen molar-refractivity contribution in [3.63, 3.8) is 0 Å². The van der Waals surface area contributed by atoms with E-state index in [1.807, 2.05) is 0 Å². The lowest BCUT2D eigenvalue weighted by molar-refractivity contribution is -0.174. The van der Waals surface area contributed by atoms with Gasteiger partial charge < -0.3 is 5.11 Å². The zero-order chi connectivity index (χ0) is 13.8. The van der Waals surface area contributed by atoms with Gasteiger partial charge in [0.1, 0.15) is 6.10 Å². The summed E-state index contributed by atoms with van der Waals surface area (Å²) in [6.07, 6.45) is 7.77. The Morgan fingerprint density at radius 1 is 1.05 bits per heavy atom. The Bertz CT molecular complexity index is 387. The lowest BCUT2D eigenvalue weighted by atomic mass is 9.44. The first kappa shape index (κ1) is 13.6. The number of ketones is 1. The SMILES string of the molecule is CC1(C)[C@@H](O)C(=O)C[C@]2(C)[C@H]3CCCC[C@@H]3CC[C@@H]12. The van der Waals surface area contributed by atoms with E-state index in [9.17, 15) is 9.90 Å². The molecular formula is C17H28O2. The molecule has 0 aromatic heterocycles. The maximum absolute atomic E-state index is 12.3. The lowest BCUT2D eigenvalue weighted by Gasteiger charge is -2.61. The Labute approximate surface area is 117 Å². The highest BCUT2D eigenvalue weighted by Gasteiger charge is 2.59. The molecule has 0 heterocycles. The van der Waals surface area contributed by atoms with Crippen molar-refractivity contribution < 1.29 is 9.90 Å². The summed E-state index contributed by atoms with van der Waals surface area (Å²) in [5.74, 6) is 2.16.